The maximum Gasteiger partial charge on any atom is 0.223 e. The Bertz CT molecular complexity index is 502. The summed E-state index contributed by atoms with van der Waals surface area (Å²) >= 11 is 0. The molecule has 0 spiro atoms. The summed E-state index contributed by atoms with van der Waals surface area (Å²) in [5.41, 5.74) is 7.68. The van der Waals surface area contributed by atoms with Crippen LogP contribution in [0.3, 0.4) is 0 Å². The van der Waals surface area contributed by atoms with Gasteiger partial charge in [-0.15, -0.1) is 0 Å². The fraction of sp³-hybridized carbons (Fsp3) is 0.533. The van der Waals surface area contributed by atoms with Gasteiger partial charge in [-0.2, -0.15) is 0 Å². The zero-order valence-electron chi connectivity index (χ0n) is 12.3. The van der Waals surface area contributed by atoms with E-state index in [1.165, 1.54) is 0 Å². The van der Waals surface area contributed by atoms with Gasteiger partial charge < -0.3 is 20.1 Å². The van der Waals surface area contributed by atoms with E-state index < -0.39 is 0 Å². The molecule has 0 fully saturated rings. The molecule has 1 heterocycles. The summed E-state index contributed by atoms with van der Waals surface area (Å²) in [6.07, 6.45) is 1.69. The molecule has 1 aliphatic heterocycles. The van der Waals surface area contributed by atoms with Crippen LogP contribution in [0.15, 0.2) is 12.1 Å². The third-order valence-corrected chi connectivity index (χ3v) is 3.88. The van der Waals surface area contributed by atoms with Crippen LogP contribution in [0.5, 0.6) is 11.5 Å². The van der Waals surface area contributed by atoms with Crippen molar-refractivity contribution < 1.29 is 14.3 Å². The predicted octanol–water partition coefficient (Wildman–Crippen LogP) is 1.58. The Balaban J connectivity index is 2.61. The number of nitrogens with zero attached hydrogens (tertiary/aromatic N) is 1. The molecule has 0 radical (unpaired) electrons. The second kappa shape index (κ2) is 6.13. The SMILES string of the molecule is COc1ccc(OC)c2c1CC(CN)CCN2C(C)=O. The lowest BCUT2D eigenvalue weighted by molar-refractivity contribution is -0.116. The quantitative estimate of drug-likeness (QED) is 0.911. The fourth-order valence-electron chi connectivity index (χ4n) is 2.78. The molecule has 0 saturated heterocycles. The smallest absolute Gasteiger partial charge is 0.223 e. The highest BCUT2D eigenvalue weighted by Gasteiger charge is 2.28. The second-order valence-corrected chi connectivity index (χ2v) is 5.06. The minimum atomic E-state index is 0.00970. The highest BCUT2D eigenvalue weighted by Crippen LogP contribution is 2.41. The normalized spacial score (nSPS) is 18.2. The number of rotatable bonds is 3. The number of carbonyl (C=O) groups excluding carboxylic acids is 1. The molecule has 0 aromatic heterocycles. The first-order valence-electron chi connectivity index (χ1n) is 6.84. The largest absolute Gasteiger partial charge is 0.496 e. The highest BCUT2D eigenvalue weighted by molar-refractivity contribution is 5.95. The lowest BCUT2D eigenvalue weighted by atomic mass is 9.96. The first-order chi connectivity index (χ1) is 9.62. The van der Waals surface area contributed by atoms with Gasteiger partial charge in [-0.3, -0.25) is 4.79 Å². The van der Waals surface area contributed by atoms with Gasteiger partial charge in [0.25, 0.3) is 0 Å². The van der Waals surface area contributed by atoms with Crippen molar-refractivity contribution in [1.29, 1.82) is 0 Å². The maximum absolute atomic E-state index is 12.0. The van der Waals surface area contributed by atoms with Crippen molar-refractivity contribution in [2.75, 3.05) is 32.2 Å². The summed E-state index contributed by atoms with van der Waals surface area (Å²) in [7, 11) is 3.26. The van der Waals surface area contributed by atoms with Crippen molar-refractivity contribution >= 4 is 11.6 Å². The van der Waals surface area contributed by atoms with Gasteiger partial charge in [0.05, 0.1) is 19.9 Å². The number of benzene rings is 1. The zero-order chi connectivity index (χ0) is 14.7. The number of anilines is 1. The predicted molar refractivity (Wildman–Crippen MR) is 78.4 cm³/mol. The van der Waals surface area contributed by atoms with E-state index in [1.807, 2.05) is 12.1 Å². The van der Waals surface area contributed by atoms with Crippen LogP contribution in [0.25, 0.3) is 0 Å². The molecule has 1 amide bonds. The summed E-state index contributed by atoms with van der Waals surface area (Å²) < 4.78 is 10.9. The third kappa shape index (κ3) is 2.58. The van der Waals surface area contributed by atoms with E-state index in [2.05, 4.69) is 0 Å². The van der Waals surface area contributed by atoms with Crippen LogP contribution in [0.1, 0.15) is 18.9 Å². The summed E-state index contributed by atoms with van der Waals surface area (Å²) in [5, 5.41) is 0. The highest BCUT2D eigenvalue weighted by atomic mass is 16.5. The lowest BCUT2D eigenvalue weighted by Gasteiger charge is -2.24. The van der Waals surface area contributed by atoms with Gasteiger partial charge in [0.2, 0.25) is 5.91 Å². The lowest BCUT2D eigenvalue weighted by Crippen LogP contribution is -2.30. The molecule has 0 aliphatic carbocycles. The van der Waals surface area contributed by atoms with Gasteiger partial charge in [-0.05, 0) is 37.4 Å². The fourth-order valence-corrected chi connectivity index (χ4v) is 2.78. The molecular formula is C15H22N2O3. The summed E-state index contributed by atoms with van der Waals surface area (Å²) in [4.78, 5) is 13.7. The van der Waals surface area contributed by atoms with Gasteiger partial charge in [0, 0.05) is 19.0 Å². The number of amides is 1. The first kappa shape index (κ1) is 14.7. The molecule has 1 aliphatic rings. The molecule has 5 heteroatoms. The maximum atomic E-state index is 12.0. The van der Waals surface area contributed by atoms with Crippen molar-refractivity contribution in [2.24, 2.45) is 11.7 Å². The molecule has 20 heavy (non-hydrogen) atoms. The Labute approximate surface area is 119 Å². The van der Waals surface area contributed by atoms with E-state index >= 15 is 0 Å². The van der Waals surface area contributed by atoms with Crippen LogP contribution in [-0.2, 0) is 11.2 Å². The van der Waals surface area contributed by atoms with Crippen LogP contribution in [0.2, 0.25) is 0 Å². The Kier molecular flexibility index (Phi) is 4.49. The second-order valence-electron chi connectivity index (χ2n) is 5.06. The van der Waals surface area contributed by atoms with E-state index in [-0.39, 0.29) is 5.91 Å². The Morgan fingerprint density at radius 2 is 2.00 bits per heavy atom. The Morgan fingerprint density at radius 1 is 1.35 bits per heavy atom. The van der Waals surface area contributed by atoms with Gasteiger partial charge in [0.15, 0.2) is 0 Å². The van der Waals surface area contributed by atoms with Crippen molar-refractivity contribution in [3.8, 4) is 11.5 Å². The number of ether oxygens (including phenoxy) is 2. The number of hydrogen-bond acceptors (Lipinski definition) is 4. The van der Waals surface area contributed by atoms with Crippen LogP contribution in [0, 0.1) is 5.92 Å². The van der Waals surface area contributed by atoms with Crippen molar-refractivity contribution in [3.63, 3.8) is 0 Å². The summed E-state index contributed by atoms with van der Waals surface area (Å²) in [6.45, 7) is 2.84. The van der Waals surface area contributed by atoms with Crippen LogP contribution in [0.4, 0.5) is 5.69 Å². The van der Waals surface area contributed by atoms with Crippen molar-refractivity contribution in [1.82, 2.24) is 0 Å². The van der Waals surface area contributed by atoms with E-state index in [0.717, 1.165) is 29.8 Å². The minimum Gasteiger partial charge on any atom is -0.496 e. The molecular weight excluding hydrogens is 256 g/mol. The molecule has 1 atom stereocenters. The number of carbonyl (C=O) groups is 1. The molecule has 2 N–H and O–H groups in total. The molecule has 5 nitrogen and oxygen atoms in total. The van der Waals surface area contributed by atoms with E-state index in [0.29, 0.717) is 24.8 Å². The number of fused-ring (bicyclic) bond motifs is 1. The average molecular weight is 278 g/mol. The minimum absolute atomic E-state index is 0.00970. The van der Waals surface area contributed by atoms with Crippen molar-refractivity contribution in [3.05, 3.63) is 17.7 Å². The molecule has 1 aromatic rings. The van der Waals surface area contributed by atoms with Crippen LogP contribution in [-0.4, -0.2) is 33.2 Å². The molecule has 1 unspecified atom stereocenters. The Hall–Kier alpha value is -1.75. The van der Waals surface area contributed by atoms with Crippen LogP contribution >= 0.6 is 0 Å². The molecule has 2 rings (SSSR count). The average Bonchev–Trinajstić information content (AvgIpc) is 2.65. The summed E-state index contributed by atoms with van der Waals surface area (Å²) in [6, 6.07) is 3.73. The van der Waals surface area contributed by atoms with Gasteiger partial charge in [-0.1, -0.05) is 0 Å². The first-order valence-corrected chi connectivity index (χ1v) is 6.84. The Morgan fingerprint density at radius 3 is 2.55 bits per heavy atom. The monoisotopic (exact) mass is 278 g/mol. The molecule has 0 bridgehead atoms. The van der Waals surface area contributed by atoms with Gasteiger partial charge in [0.1, 0.15) is 11.5 Å². The number of hydrogen-bond donors (Lipinski definition) is 1. The molecule has 110 valence electrons. The molecule has 1 aromatic carbocycles. The van der Waals surface area contributed by atoms with E-state index in [9.17, 15) is 4.79 Å². The van der Waals surface area contributed by atoms with Crippen molar-refractivity contribution in [2.45, 2.75) is 19.8 Å². The van der Waals surface area contributed by atoms with E-state index in [1.54, 1.807) is 26.0 Å². The third-order valence-electron chi connectivity index (χ3n) is 3.88. The number of methoxy groups -OCH3 is 2. The number of nitrogens with two attached hydrogens (primary N) is 1. The molecule has 0 saturated carbocycles. The van der Waals surface area contributed by atoms with E-state index in [4.69, 9.17) is 15.2 Å². The summed E-state index contributed by atoms with van der Waals surface area (Å²) in [5.74, 6) is 1.84. The van der Waals surface area contributed by atoms with Gasteiger partial charge in [-0.25, -0.2) is 0 Å². The topological polar surface area (TPSA) is 64.8 Å². The standard InChI is InChI=1S/C15H22N2O3/c1-10(18)17-7-6-11(9-16)8-12-13(19-2)4-5-14(20-3)15(12)17/h4-5,11H,6-9,16H2,1-3H3. The van der Waals surface area contributed by atoms with Gasteiger partial charge >= 0.3 is 0 Å². The van der Waals surface area contributed by atoms with Crippen LogP contribution < -0.4 is 20.1 Å². The zero-order valence-corrected chi connectivity index (χ0v) is 12.3.